The summed E-state index contributed by atoms with van der Waals surface area (Å²) in [6, 6.07) is 0.149. The van der Waals surface area contributed by atoms with Crippen LogP contribution in [-0.2, 0) is 9.53 Å². The predicted molar refractivity (Wildman–Crippen MR) is 66.4 cm³/mol. The number of methoxy groups -OCH3 is 1. The molecule has 1 amide bonds. The monoisotopic (exact) mass is 258 g/mol. The molecule has 104 valence electrons. The van der Waals surface area contributed by atoms with Gasteiger partial charge in [-0.15, -0.1) is 0 Å². The molecule has 1 fully saturated rings. The molecule has 0 aromatic rings. The zero-order valence-corrected chi connectivity index (χ0v) is 11.2. The summed E-state index contributed by atoms with van der Waals surface area (Å²) in [5.41, 5.74) is 0. The van der Waals surface area contributed by atoms with Crippen LogP contribution < -0.4 is 5.32 Å². The summed E-state index contributed by atoms with van der Waals surface area (Å²) in [5, 5.41) is 11.8. The van der Waals surface area contributed by atoms with Crippen molar-refractivity contribution in [3.05, 3.63) is 0 Å². The van der Waals surface area contributed by atoms with Crippen molar-refractivity contribution in [1.82, 2.24) is 10.2 Å². The maximum atomic E-state index is 11.2. The Bertz CT molecular complexity index is 308. The van der Waals surface area contributed by atoms with Crippen molar-refractivity contribution in [2.45, 2.75) is 38.8 Å². The van der Waals surface area contributed by atoms with Crippen molar-refractivity contribution in [3.63, 3.8) is 0 Å². The van der Waals surface area contributed by atoms with Gasteiger partial charge in [-0.2, -0.15) is 0 Å². The van der Waals surface area contributed by atoms with Crippen LogP contribution in [0.5, 0.6) is 0 Å². The molecule has 0 radical (unpaired) electrons. The predicted octanol–water partition coefficient (Wildman–Crippen LogP) is 0.916. The number of carbonyl (C=O) groups excluding carboxylic acids is 1. The topological polar surface area (TPSA) is 78.9 Å². The van der Waals surface area contributed by atoms with Crippen molar-refractivity contribution in [2.24, 2.45) is 5.92 Å². The summed E-state index contributed by atoms with van der Waals surface area (Å²) in [4.78, 5) is 24.5. The Morgan fingerprint density at radius 3 is 2.67 bits per heavy atom. The zero-order valence-electron chi connectivity index (χ0n) is 11.2. The van der Waals surface area contributed by atoms with Crippen LogP contribution in [-0.4, -0.2) is 54.4 Å². The fourth-order valence-corrected chi connectivity index (χ4v) is 2.26. The molecule has 1 saturated heterocycles. The summed E-state index contributed by atoms with van der Waals surface area (Å²) in [6.07, 6.45) is 0.907. The number of carboxylic acid groups (broad SMARTS) is 1. The van der Waals surface area contributed by atoms with Crippen molar-refractivity contribution in [2.75, 3.05) is 20.2 Å². The quantitative estimate of drug-likeness (QED) is 0.783. The van der Waals surface area contributed by atoms with Crippen LogP contribution in [0.3, 0.4) is 0 Å². The lowest BCUT2D eigenvalue weighted by atomic mass is 9.93. The Labute approximate surface area is 107 Å². The summed E-state index contributed by atoms with van der Waals surface area (Å²) in [6.45, 7) is 5.36. The minimum absolute atomic E-state index is 0.165. The second-order valence-corrected chi connectivity index (χ2v) is 4.81. The van der Waals surface area contributed by atoms with E-state index in [0.29, 0.717) is 25.6 Å². The number of carbonyl (C=O) groups is 2. The molecule has 0 bridgehead atoms. The molecule has 1 heterocycles. The molecule has 0 aromatic carbocycles. The number of hydrogen-bond donors (Lipinski definition) is 2. The largest absolute Gasteiger partial charge is 0.481 e. The summed E-state index contributed by atoms with van der Waals surface area (Å²) >= 11 is 0. The third kappa shape index (κ3) is 3.87. The fourth-order valence-electron chi connectivity index (χ4n) is 2.26. The molecule has 1 aliphatic rings. The van der Waals surface area contributed by atoms with Gasteiger partial charge in [0.1, 0.15) is 0 Å². The normalized spacial score (nSPS) is 26.4. The van der Waals surface area contributed by atoms with E-state index in [9.17, 15) is 9.59 Å². The van der Waals surface area contributed by atoms with Gasteiger partial charge in [-0.1, -0.05) is 6.92 Å². The third-order valence-corrected chi connectivity index (χ3v) is 3.55. The Morgan fingerprint density at radius 2 is 2.17 bits per heavy atom. The van der Waals surface area contributed by atoms with Crippen molar-refractivity contribution in [3.8, 4) is 0 Å². The average molecular weight is 258 g/mol. The standard InChI is InChI=1S/C12H22N2O4/c1-4-8(2)14-6-9(11(15)16)5-10(7-14)13-12(17)18-3/h8-10H,4-7H2,1-3H3,(H,13,17)(H,15,16). The van der Waals surface area contributed by atoms with Crippen LogP contribution in [0, 0.1) is 5.92 Å². The van der Waals surface area contributed by atoms with E-state index in [4.69, 9.17) is 5.11 Å². The number of aliphatic carboxylic acids is 1. The van der Waals surface area contributed by atoms with Gasteiger partial charge in [0, 0.05) is 25.2 Å². The Hall–Kier alpha value is -1.30. The first-order chi connectivity index (χ1) is 8.47. The van der Waals surface area contributed by atoms with Gasteiger partial charge in [0.15, 0.2) is 0 Å². The molecule has 1 rings (SSSR count). The van der Waals surface area contributed by atoms with E-state index in [2.05, 4.69) is 28.8 Å². The maximum Gasteiger partial charge on any atom is 0.407 e. The first kappa shape index (κ1) is 14.8. The molecule has 1 aliphatic heterocycles. The first-order valence-corrected chi connectivity index (χ1v) is 6.29. The van der Waals surface area contributed by atoms with Crippen LogP contribution >= 0.6 is 0 Å². The number of piperidine rings is 1. The van der Waals surface area contributed by atoms with Gasteiger partial charge in [-0.3, -0.25) is 9.69 Å². The molecule has 3 atom stereocenters. The molecule has 18 heavy (non-hydrogen) atoms. The Balaban J connectivity index is 2.67. The van der Waals surface area contributed by atoms with Crippen LogP contribution in [0.4, 0.5) is 4.79 Å². The number of ether oxygens (including phenoxy) is 1. The summed E-state index contributed by atoms with van der Waals surface area (Å²) in [7, 11) is 1.30. The molecule has 2 N–H and O–H groups in total. The minimum atomic E-state index is -0.806. The van der Waals surface area contributed by atoms with E-state index in [1.807, 2.05) is 0 Å². The van der Waals surface area contributed by atoms with Crippen molar-refractivity contribution in [1.29, 1.82) is 0 Å². The number of nitrogens with zero attached hydrogens (tertiary/aromatic N) is 1. The Kier molecular flexibility index (Phi) is 5.40. The third-order valence-electron chi connectivity index (χ3n) is 3.55. The van der Waals surface area contributed by atoms with Gasteiger partial charge in [-0.05, 0) is 19.8 Å². The van der Waals surface area contributed by atoms with Crippen molar-refractivity contribution >= 4 is 12.1 Å². The minimum Gasteiger partial charge on any atom is -0.481 e. The summed E-state index contributed by atoms with van der Waals surface area (Å²) in [5.74, 6) is -1.24. The number of amides is 1. The van der Waals surface area contributed by atoms with Crippen LogP contribution in [0.2, 0.25) is 0 Å². The van der Waals surface area contributed by atoms with Crippen LogP contribution in [0.25, 0.3) is 0 Å². The van der Waals surface area contributed by atoms with Crippen LogP contribution in [0.1, 0.15) is 26.7 Å². The van der Waals surface area contributed by atoms with E-state index in [0.717, 1.165) is 6.42 Å². The van der Waals surface area contributed by atoms with Gasteiger partial charge < -0.3 is 15.2 Å². The highest BCUT2D eigenvalue weighted by atomic mass is 16.5. The number of likely N-dealkylation sites (tertiary alicyclic amines) is 1. The van der Waals surface area contributed by atoms with E-state index in [-0.39, 0.29) is 6.04 Å². The first-order valence-electron chi connectivity index (χ1n) is 6.29. The lowest BCUT2D eigenvalue weighted by Crippen LogP contribution is -2.54. The van der Waals surface area contributed by atoms with E-state index >= 15 is 0 Å². The van der Waals surface area contributed by atoms with Gasteiger partial charge >= 0.3 is 12.1 Å². The molecule has 3 unspecified atom stereocenters. The van der Waals surface area contributed by atoms with Gasteiger partial charge in [-0.25, -0.2) is 4.79 Å². The van der Waals surface area contributed by atoms with E-state index < -0.39 is 18.0 Å². The molecule has 0 aromatic heterocycles. The number of carboxylic acids is 1. The molecule has 0 spiro atoms. The number of nitrogens with one attached hydrogen (secondary N) is 1. The number of hydrogen-bond acceptors (Lipinski definition) is 4. The number of alkyl carbamates (subject to hydrolysis) is 1. The van der Waals surface area contributed by atoms with Crippen LogP contribution in [0.15, 0.2) is 0 Å². The highest BCUT2D eigenvalue weighted by Crippen LogP contribution is 2.20. The molecule has 6 nitrogen and oxygen atoms in total. The van der Waals surface area contributed by atoms with Crippen molar-refractivity contribution < 1.29 is 19.4 Å². The smallest absolute Gasteiger partial charge is 0.407 e. The zero-order chi connectivity index (χ0) is 13.7. The second kappa shape index (κ2) is 6.58. The fraction of sp³-hybridized carbons (Fsp3) is 0.833. The highest BCUT2D eigenvalue weighted by Gasteiger charge is 2.33. The Morgan fingerprint density at radius 1 is 1.50 bits per heavy atom. The lowest BCUT2D eigenvalue weighted by Gasteiger charge is -2.39. The molecular formula is C12H22N2O4. The maximum absolute atomic E-state index is 11.2. The SMILES string of the molecule is CCC(C)N1CC(NC(=O)OC)CC(C(=O)O)C1. The van der Waals surface area contributed by atoms with Gasteiger partial charge in [0.25, 0.3) is 0 Å². The highest BCUT2D eigenvalue weighted by molar-refractivity contribution is 5.71. The molecular weight excluding hydrogens is 236 g/mol. The number of rotatable bonds is 4. The molecule has 6 heteroatoms. The average Bonchev–Trinajstić information content (AvgIpc) is 2.37. The van der Waals surface area contributed by atoms with Gasteiger partial charge in [0.2, 0.25) is 0 Å². The summed E-state index contributed by atoms with van der Waals surface area (Å²) < 4.78 is 4.55. The molecule has 0 saturated carbocycles. The van der Waals surface area contributed by atoms with E-state index in [1.165, 1.54) is 7.11 Å². The lowest BCUT2D eigenvalue weighted by molar-refractivity contribution is -0.144. The van der Waals surface area contributed by atoms with Gasteiger partial charge in [0.05, 0.1) is 13.0 Å². The molecule has 0 aliphatic carbocycles. The van der Waals surface area contributed by atoms with E-state index in [1.54, 1.807) is 0 Å². The second-order valence-electron chi connectivity index (χ2n) is 4.81.